The standard InChI is InChI=1S/C9H10O4S/c10-14(11,12)13-9-6-5-7-3-1-2-4-8(7)9/h1-4,9H,5-6H2,(H,10,11,12). The smallest absolute Gasteiger partial charge is 0.264 e. The third-order valence-electron chi connectivity index (χ3n) is 2.32. The molecule has 0 spiro atoms. The van der Waals surface area contributed by atoms with Gasteiger partial charge in [0.15, 0.2) is 0 Å². The fourth-order valence-electron chi connectivity index (χ4n) is 1.76. The molecule has 0 bridgehead atoms. The maximum atomic E-state index is 10.5. The summed E-state index contributed by atoms with van der Waals surface area (Å²) in [5.41, 5.74) is 1.94. The summed E-state index contributed by atoms with van der Waals surface area (Å²) in [5, 5.41) is 0. The third kappa shape index (κ3) is 1.95. The van der Waals surface area contributed by atoms with E-state index in [1.807, 2.05) is 24.3 Å². The van der Waals surface area contributed by atoms with Crippen molar-refractivity contribution in [1.29, 1.82) is 0 Å². The normalized spacial score (nSPS) is 20.8. The molecule has 0 aromatic heterocycles. The summed E-state index contributed by atoms with van der Waals surface area (Å²) in [6.07, 6.45) is 0.858. The Morgan fingerprint density at radius 3 is 2.79 bits per heavy atom. The van der Waals surface area contributed by atoms with Crippen molar-refractivity contribution in [2.24, 2.45) is 0 Å². The van der Waals surface area contributed by atoms with Crippen molar-refractivity contribution in [1.82, 2.24) is 0 Å². The van der Waals surface area contributed by atoms with Gasteiger partial charge < -0.3 is 0 Å². The molecule has 1 N–H and O–H groups in total. The van der Waals surface area contributed by atoms with E-state index in [4.69, 9.17) is 4.55 Å². The zero-order valence-corrected chi connectivity index (χ0v) is 8.20. The molecular formula is C9H10O4S. The van der Waals surface area contributed by atoms with Gasteiger partial charge in [0.1, 0.15) is 6.10 Å². The van der Waals surface area contributed by atoms with Crippen molar-refractivity contribution >= 4 is 10.4 Å². The van der Waals surface area contributed by atoms with E-state index in [2.05, 4.69) is 4.18 Å². The Bertz CT molecular complexity index is 438. The van der Waals surface area contributed by atoms with E-state index < -0.39 is 16.5 Å². The molecule has 2 rings (SSSR count). The van der Waals surface area contributed by atoms with Gasteiger partial charge in [0.05, 0.1) is 0 Å². The van der Waals surface area contributed by atoms with Gasteiger partial charge in [-0.15, -0.1) is 0 Å². The molecule has 5 heteroatoms. The Hall–Kier alpha value is -0.910. The van der Waals surface area contributed by atoms with Crippen LogP contribution in [0.3, 0.4) is 0 Å². The molecule has 1 aromatic carbocycles. The minimum atomic E-state index is -4.35. The molecule has 4 nitrogen and oxygen atoms in total. The number of hydrogen-bond acceptors (Lipinski definition) is 3. The van der Waals surface area contributed by atoms with Gasteiger partial charge in [0, 0.05) is 0 Å². The zero-order valence-electron chi connectivity index (χ0n) is 7.38. The van der Waals surface area contributed by atoms with Crippen LogP contribution in [0.1, 0.15) is 23.7 Å². The first-order valence-electron chi connectivity index (χ1n) is 4.30. The molecule has 0 radical (unpaired) electrons. The predicted octanol–water partition coefficient (Wildman–Crippen LogP) is 1.49. The number of hydrogen-bond donors (Lipinski definition) is 1. The minimum absolute atomic E-state index is 0.527. The summed E-state index contributed by atoms with van der Waals surface area (Å²) < 4.78 is 34.2. The van der Waals surface area contributed by atoms with Crippen molar-refractivity contribution in [2.45, 2.75) is 18.9 Å². The van der Waals surface area contributed by atoms with Gasteiger partial charge in [-0.2, -0.15) is 8.42 Å². The molecule has 1 aliphatic rings. The SMILES string of the molecule is O=S(=O)(O)OC1CCc2ccccc21. The molecule has 0 amide bonds. The second-order valence-corrected chi connectivity index (χ2v) is 4.30. The van der Waals surface area contributed by atoms with Crippen molar-refractivity contribution in [2.75, 3.05) is 0 Å². The van der Waals surface area contributed by atoms with Crippen LogP contribution in [-0.2, 0) is 21.0 Å². The van der Waals surface area contributed by atoms with Crippen molar-refractivity contribution in [3.8, 4) is 0 Å². The molecule has 76 valence electrons. The van der Waals surface area contributed by atoms with E-state index >= 15 is 0 Å². The molecule has 1 unspecified atom stereocenters. The summed E-state index contributed by atoms with van der Waals surface area (Å²) in [6.45, 7) is 0. The molecule has 0 heterocycles. The quantitative estimate of drug-likeness (QED) is 0.757. The summed E-state index contributed by atoms with van der Waals surface area (Å²) in [6, 6.07) is 7.47. The van der Waals surface area contributed by atoms with Crippen LogP contribution in [0.2, 0.25) is 0 Å². The predicted molar refractivity (Wildman–Crippen MR) is 50.1 cm³/mol. The highest BCUT2D eigenvalue weighted by atomic mass is 32.3. The largest absolute Gasteiger partial charge is 0.397 e. The fourth-order valence-corrected chi connectivity index (χ4v) is 2.26. The zero-order chi connectivity index (χ0) is 10.2. The number of fused-ring (bicyclic) bond motifs is 1. The van der Waals surface area contributed by atoms with Gasteiger partial charge in [-0.1, -0.05) is 24.3 Å². The summed E-state index contributed by atoms with van der Waals surface area (Å²) >= 11 is 0. The first-order valence-corrected chi connectivity index (χ1v) is 5.66. The van der Waals surface area contributed by atoms with Crippen LogP contribution in [0.5, 0.6) is 0 Å². The van der Waals surface area contributed by atoms with Crippen molar-refractivity contribution in [3.05, 3.63) is 35.4 Å². The third-order valence-corrected chi connectivity index (χ3v) is 2.79. The lowest BCUT2D eigenvalue weighted by molar-refractivity contribution is 0.185. The number of benzene rings is 1. The van der Waals surface area contributed by atoms with E-state index in [-0.39, 0.29) is 0 Å². The first-order chi connectivity index (χ1) is 6.56. The topological polar surface area (TPSA) is 63.6 Å². The highest BCUT2D eigenvalue weighted by molar-refractivity contribution is 7.80. The van der Waals surface area contributed by atoms with Crippen molar-refractivity contribution < 1.29 is 17.2 Å². The van der Waals surface area contributed by atoms with Crippen LogP contribution in [0.25, 0.3) is 0 Å². The Morgan fingerprint density at radius 1 is 1.36 bits per heavy atom. The van der Waals surface area contributed by atoms with Crippen molar-refractivity contribution in [3.63, 3.8) is 0 Å². The molecule has 14 heavy (non-hydrogen) atoms. The van der Waals surface area contributed by atoms with Crippen LogP contribution in [0.15, 0.2) is 24.3 Å². The molecule has 0 saturated heterocycles. The van der Waals surface area contributed by atoms with Crippen LogP contribution < -0.4 is 0 Å². The Balaban J connectivity index is 2.27. The molecule has 0 fully saturated rings. The lowest BCUT2D eigenvalue weighted by atomic mass is 10.1. The Morgan fingerprint density at radius 2 is 2.07 bits per heavy atom. The Kier molecular flexibility index (Phi) is 2.30. The van der Waals surface area contributed by atoms with E-state index in [1.54, 1.807) is 0 Å². The number of aryl methyl sites for hydroxylation is 1. The van der Waals surface area contributed by atoms with Crippen LogP contribution >= 0.6 is 0 Å². The van der Waals surface area contributed by atoms with Gasteiger partial charge in [-0.05, 0) is 24.0 Å². The minimum Gasteiger partial charge on any atom is -0.264 e. The second-order valence-electron chi connectivity index (χ2n) is 3.25. The monoisotopic (exact) mass is 214 g/mol. The van der Waals surface area contributed by atoms with Gasteiger partial charge in [0.2, 0.25) is 0 Å². The fraction of sp³-hybridized carbons (Fsp3) is 0.333. The molecule has 1 aliphatic carbocycles. The molecule has 0 saturated carbocycles. The van der Waals surface area contributed by atoms with E-state index in [0.717, 1.165) is 17.5 Å². The van der Waals surface area contributed by atoms with Crippen LogP contribution in [-0.4, -0.2) is 13.0 Å². The molecule has 1 aromatic rings. The lowest BCUT2D eigenvalue weighted by Gasteiger charge is -2.08. The van der Waals surface area contributed by atoms with Gasteiger partial charge in [0.25, 0.3) is 0 Å². The van der Waals surface area contributed by atoms with Gasteiger partial charge >= 0.3 is 10.4 Å². The average Bonchev–Trinajstić information content (AvgIpc) is 2.47. The molecule has 0 aliphatic heterocycles. The average molecular weight is 214 g/mol. The van der Waals surface area contributed by atoms with Gasteiger partial charge in [-0.25, -0.2) is 4.18 Å². The lowest BCUT2D eigenvalue weighted by Crippen LogP contribution is -2.08. The molecule has 1 atom stereocenters. The first kappa shape index (κ1) is 9.64. The van der Waals surface area contributed by atoms with Crippen LogP contribution in [0.4, 0.5) is 0 Å². The maximum absolute atomic E-state index is 10.5. The summed E-state index contributed by atoms with van der Waals surface area (Å²) in [5.74, 6) is 0. The van der Waals surface area contributed by atoms with Gasteiger partial charge in [-0.3, -0.25) is 4.55 Å². The van der Waals surface area contributed by atoms with E-state index in [9.17, 15) is 8.42 Å². The Labute approximate surface area is 82.5 Å². The molecular weight excluding hydrogens is 204 g/mol. The summed E-state index contributed by atoms with van der Waals surface area (Å²) in [4.78, 5) is 0. The van der Waals surface area contributed by atoms with Crippen LogP contribution in [0, 0.1) is 0 Å². The highest BCUT2D eigenvalue weighted by Crippen LogP contribution is 2.34. The number of rotatable bonds is 2. The highest BCUT2D eigenvalue weighted by Gasteiger charge is 2.26. The van der Waals surface area contributed by atoms with E-state index in [1.165, 1.54) is 0 Å². The second kappa shape index (κ2) is 3.34. The van der Waals surface area contributed by atoms with E-state index in [0.29, 0.717) is 6.42 Å². The maximum Gasteiger partial charge on any atom is 0.397 e. The summed E-state index contributed by atoms with van der Waals surface area (Å²) in [7, 11) is -4.35.